The topological polar surface area (TPSA) is 126 Å². The lowest BCUT2D eigenvalue weighted by Crippen LogP contribution is -2.47. The first-order chi connectivity index (χ1) is 14.2. The molecule has 31 heavy (non-hydrogen) atoms. The van der Waals surface area contributed by atoms with Gasteiger partial charge >= 0.3 is 12.2 Å². The molecule has 2 N–H and O–H groups in total. The number of amides is 2. The van der Waals surface area contributed by atoms with Gasteiger partial charge in [0.2, 0.25) is 5.88 Å². The quantitative estimate of drug-likeness (QED) is 0.522. The van der Waals surface area contributed by atoms with Crippen LogP contribution in [0.15, 0.2) is 33.1 Å². The summed E-state index contributed by atoms with van der Waals surface area (Å²) in [6.45, 7) is 15.2. The fraction of sp³-hybridized carbons (Fsp3) is 0.450. The number of hydrazone groups is 1. The number of hydrogen-bond acceptors (Lipinski definition) is 10. The summed E-state index contributed by atoms with van der Waals surface area (Å²) in [5.41, 5.74) is 1.54. The van der Waals surface area contributed by atoms with E-state index in [9.17, 15) is 9.59 Å². The molecule has 168 valence electrons. The van der Waals surface area contributed by atoms with Crippen LogP contribution in [0.5, 0.6) is 0 Å². The van der Waals surface area contributed by atoms with Gasteiger partial charge in [0, 0.05) is 0 Å². The average molecular weight is 450 g/mol. The van der Waals surface area contributed by atoms with Crippen LogP contribution in [-0.2, 0) is 14.2 Å². The summed E-state index contributed by atoms with van der Waals surface area (Å²) in [6.07, 6.45) is -2.19. The van der Waals surface area contributed by atoms with E-state index in [2.05, 4.69) is 22.2 Å². The molecule has 2 rings (SSSR count). The molecule has 0 spiro atoms. The lowest BCUT2D eigenvalue weighted by Gasteiger charge is -2.28. The smallest absolute Gasteiger partial charge is 0.425 e. The molecule has 0 unspecified atom stereocenters. The summed E-state index contributed by atoms with van der Waals surface area (Å²) in [6, 6.07) is 1.91. The number of thiophene rings is 1. The van der Waals surface area contributed by atoms with Gasteiger partial charge in [0.15, 0.2) is 11.5 Å². The highest BCUT2D eigenvalue weighted by molar-refractivity contribution is 7.12. The van der Waals surface area contributed by atoms with E-state index in [0.717, 1.165) is 10.4 Å². The second-order valence-electron chi connectivity index (χ2n) is 8.54. The lowest BCUT2D eigenvalue weighted by atomic mass is 10.2. The van der Waals surface area contributed by atoms with Crippen LogP contribution < -0.4 is 5.43 Å². The highest BCUT2D eigenvalue weighted by atomic mass is 32.1. The standard InChI is InChI=1S/C20H27N5O5S/c1-11-9-10-31-13(11)16-24-23-15(28-16)12(22-8)14(21)25(17(26)29-19(2,3)4)18(27)30-20(5,6)7/h9-10,21,23H,8H2,1-7H3. The molecule has 0 fully saturated rings. The van der Waals surface area contributed by atoms with Crippen molar-refractivity contribution in [3.8, 4) is 0 Å². The predicted molar refractivity (Wildman–Crippen MR) is 118 cm³/mol. The van der Waals surface area contributed by atoms with Crippen molar-refractivity contribution in [2.24, 2.45) is 10.1 Å². The van der Waals surface area contributed by atoms with Crippen molar-refractivity contribution >= 4 is 42.0 Å². The Morgan fingerprint density at radius 1 is 1.19 bits per heavy atom. The first kappa shape index (κ1) is 24.1. The highest BCUT2D eigenvalue weighted by Crippen LogP contribution is 2.24. The molecular formula is C20H27N5O5S. The Bertz CT molecular complexity index is 937. The largest absolute Gasteiger partial charge is 0.443 e. The maximum absolute atomic E-state index is 12.7. The van der Waals surface area contributed by atoms with E-state index in [0.29, 0.717) is 4.90 Å². The maximum Gasteiger partial charge on any atom is 0.425 e. The van der Waals surface area contributed by atoms with Gasteiger partial charge in [0.25, 0.3) is 5.90 Å². The molecule has 1 aliphatic rings. The Kier molecular flexibility index (Phi) is 6.89. The number of aliphatic imine (C=N–C) groups is 1. The number of carbonyl (C=O) groups is 2. The zero-order chi connectivity index (χ0) is 23.6. The van der Waals surface area contributed by atoms with Crippen LogP contribution in [-0.4, -0.2) is 46.7 Å². The van der Waals surface area contributed by atoms with Crippen molar-refractivity contribution in [3.05, 3.63) is 33.5 Å². The van der Waals surface area contributed by atoms with Crippen LogP contribution in [0.3, 0.4) is 0 Å². The molecule has 0 radical (unpaired) electrons. The van der Waals surface area contributed by atoms with Gasteiger partial charge in [-0.15, -0.1) is 16.4 Å². The number of nitrogens with zero attached hydrogens (tertiary/aromatic N) is 3. The second-order valence-corrected chi connectivity index (χ2v) is 9.46. The molecule has 1 aromatic rings. The van der Waals surface area contributed by atoms with Crippen LogP contribution in [0.4, 0.5) is 9.59 Å². The van der Waals surface area contributed by atoms with E-state index in [-0.39, 0.29) is 17.5 Å². The van der Waals surface area contributed by atoms with Gasteiger partial charge in [-0.25, -0.2) is 15.0 Å². The summed E-state index contributed by atoms with van der Waals surface area (Å²) in [5, 5.41) is 14.5. The summed E-state index contributed by atoms with van der Waals surface area (Å²) in [7, 11) is 0. The van der Waals surface area contributed by atoms with E-state index in [1.165, 1.54) is 11.3 Å². The Hall–Kier alpha value is -3.21. The van der Waals surface area contributed by atoms with E-state index in [1.54, 1.807) is 41.5 Å². The summed E-state index contributed by atoms with van der Waals surface area (Å²) < 4.78 is 16.3. The number of imide groups is 1. The van der Waals surface area contributed by atoms with Gasteiger partial charge in [-0.05, 0) is 72.2 Å². The predicted octanol–water partition coefficient (Wildman–Crippen LogP) is 4.36. The molecule has 1 aliphatic heterocycles. The molecule has 0 aromatic carbocycles. The van der Waals surface area contributed by atoms with Crippen molar-refractivity contribution in [2.45, 2.75) is 59.7 Å². The SMILES string of the molecule is C=NC(C(=N)N(C(=O)OC(C)(C)C)C(=O)OC(C)(C)C)=C1NN=C(c2sccc2C)O1. The van der Waals surface area contributed by atoms with Gasteiger partial charge in [0.1, 0.15) is 11.2 Å². The minimum Gasteiger partial charge on any atom is -0.443 e. The molecule has 2 amide bonds. The zero-order valence-electron chi connectivity index (χ0n) is 18.7. The van der Waals surface area contributed by atoms with Gasteiger partial charge in [0.05, 0.1) is 4.88 Å². The van der Waals surface area contributed by atoms with E-state index in [4.69, 9.17) is 19.6 Å². The molecule has 0 saturated heterocycles. The minimum absolute atomic E-state index is 0.0556. The Labute approximate surface area is 185 Å². The van der Waals surface area contributed by atoms with E-state index < -0.39 is 29.2 Å². The number of ether oxygens (including phenoxy) is 3. The Morgan fingerprint density at radius 3 is 2.16 bits per heavy atom. The van der Waals surface area contributed by atoms with Crippen LogP contribution >= 0.6 is 11.3 Å². The molecule has 0 bridgehead atoms. The van der Waals surface area contributed by atoms with Crippen molar-refractivity contribution in [2.75, 3.05) is 0 Å². The number of hydrogen-bond donors (Lipinski definition) is 2. The van der Waals surface area contributed by atoms with Gasteiger partial charge < -0.3 is 14.2 Å². The molecule has 2 heterocycles. The van der Waals surface area contributed by atoms with Gasteiger partial charge in [-0.1, -0.05) is 0 Å². The Morgan fingerprint density at radius 2 is 1.74 bits per heavy atom. The van der Waals surface area contributed by atoms with E-state index >= 15 is 0 Å². The van der Waals surface area contributed by atoms with Crippen LogP contribution in [0.25, 0.3) is 0 Å². The van der Waals surface area contributed by atoms with E-state index in [1.807, 2.05) is 18.4 Å². The fourth-order valence-corrected chi connectivity index (χ4v) is 3.12. The van der Waals surface area contributed by atoms with Gasteiger partial charge in [-0.2, -0.15) is 4.90 Å². The number of nitrogens with one attached hydrogen (secondary N) is 2. The minimum atomic E-state index is -1.10. The highest BCUT2D eigenvalue weighted by Gasteiger charge is 2.37. The molecule has 0 atom stereocenters. The third-order valence-electron chi connectivity index (χ3n) is 3.49. The van der Waals surface area contributed by atoms with Crippen LogP contribution in [0.1, 0.15) is 52.0 Å². The summed E-state index contributed by atoms with van der Waals surface area (Å²) >= 11 is 1.43. The number of rotatable bonds is 3. The van der Waals surface area contributed by atoms with Crippen LogP contribution in [0, 0.1) is 12.3 Å². The first-order valence-corrected chi connectivity index (χ1v) is 10.2. The normalized spacial score (nSPS) is 15.3. The second kappa shape index (κ2) is 8.88. The third-order valence-corrected chi connectivity index (χ3v) is 4.49. The van der Waals surface area contributed by atoms with Crippen molar-refractivity contribution in [1.82, 2.24) is 10.3 Å². The molecular weight excluding hydrogens is 422 g/mol. The van der Waals surface area contributed by atoms with Crippen molar-refractivity contribution in [3.63, 3.8) is 0 Å². The number of aryl methyl sites for hydroxylation is 1. The number of carbonyl (C=O) groups excluding carboxylic acids is 2. The Balaban J connectivity index is 2.38. The number of amidine groups is 1. The third kappa shape index (κ3) is 6.14. The van der Waals surface area contributed by atoms with Gasteiger partial charge in [-0.3, -0.25) is 10.4 Å². The molecule has 10 nitrogen and oxygen atoms in total. The average Bonchev–Trinajstić information content (AvgIpc) is 3.21. The molecule has 1 aromatic heterocycles. The van der Waals surface area contributed by atoms with Crippen molar-refractivity contribution < 1.29 is 23.8 Å². The zero-order valence-corrected chi connectivity index (χ0v) is 19.5. The summed E-state index contributed by atoms with van der Waals surface area (Å²) in [4.78, 5) is 30.5. The van der Waals surface area contributed by atoms with Crippen LogP contribution in [0.2, 0.25) is 0 Å². The monoisotopic (exact) mass is 449 g/mol. The lowest BCUT2D eigenvalue weighted by molar-refractivity contribution is 0.0146. The maximum atomic E-state index is 12.7. The molecule has 0 aliphatic carbocycles. The fourth-order valence-electron chi connectivity index (χ4n) is 2.27. The molecule has 11 heteroatoms. The first-order valence-electron chi connectivity index (χ1n) is 9.35. The van der Waals surface area contributed by atoms with Crippen molar-refractivity contribution in [1.29, 1.82) is 5.41 Å². The summed E-state index contributed by atoms with van der Waals surface area (Å²) in [5.74, 6) is -0.419. The molecule has 0 saturated carbocycles.